The minimum absolute atomic E-state index is 0.0329. The van der Waals surface area contributed by atoms with Gasteiger partial charge in [-0.3, -0.25) is 4.79 Å². The summed E-state index contributed by atoms with van der Waals surface area (Å²) >= 11 is 0. The van der Waals surface area contributed by atoms with Gasteiger partial charge in [-0.2, -0.15) is 18.2 Å². The molecular formula is C29H38F3N5O2. The van der Waals surface area contributed by atoms with Crippen molar-refractivity contribution in [3.05, 3.63) is 35.7 Å². The Bertz CT molecular complexity index is 1270. The van der Waals surface area contributed by atoms with Crippen LogP contribution in [0.1, 0.15) is 71.2 Å². The Kier molecular flexibility index (Phi) is 9.12. The summed E-state index contributed by atoms with van der Waals surface area (Å²) in [7, 11) is 0. The first kappa shape index (κ1) is 28.8. The third-order valence-electron chi connectivity index (χ3n) is 7.27. The smallest absolute Gasteiger partial charge is 0.354 e. The van der Waals surface area contributed by atoms with Gasteiger partial charge in [-0.25, -0.2) is 4.98 Å². The van der Waals surface area contributed by atoms with Crippen LogP contribution >= 0.6 is 0 Å². The van der Waals surface area contributed by atoms with Crippen LogP contribution in [0.15, 0.2) is 28.8 Å². The van der Waals surface area contributed by atoms with Gasteiger partial charge in [-0.1, -0.05) is 57.8 Å². The summed E-state index contributed by atoms with van der Waals surface area (Å²) in [6, 6.07) is 5.06. The first-order valence-corrected chi connectivity index (χ1v) is 14.0. The summed E-state index contributed by atoms with van der Waals surface area (Å²) in [6.45, 7) is 10.8. The van der Waals surface area contributed by atoms with E-state index >= 15 is 0 Å². The molecule has 1 atom stereocenters. The quantitative estimate of drug-likeness (QED) is 0.296. The van der Waals surface area contributed by atoms with E-state index in [0.29, 0.717) is 61.1 Å². The van der Waals surface area contributed by atoms with Gasteiger partial charge in [0.1, 0.15) is 22.7 Å². The lowest BCUT2D eigenvalue weighted by Crippen LogP contribution is -2.39. The second-order valence-electron chi connectivity index (χ2n) is 10.8. The molecule has 0 aliphatic carbocycles. The highest BCUT2D eigenvalue weighted by Crippen LogP contribution is 2.37. The molecule has 0 N–H and O–H groups in total. The van der Waals surface area contributed by atoms with Gasteiger partial charge in [0, 0.05) is 44.1 Å². The molecule has 1 aliphatic heterocycles. The van der Waals surface area contributed by atoms with Gasteiger partial charge in [0.05, 0.1) is 5.56 Å². The normalized spacial score (nSPS) is 15.7. The molecule has 0 radical (unpaired) electrons. The van der Waals surface area contributed by atoms with E-state index in [1.54, 1.807) is 6.07 Å². The number of unbranched alkanes of at least 4 members (excludes halogenated alkanes) is 1. The molecule has 0 spiro atoms. The molecule has 10 heteroatoms. The number of aromatic nitrogens is 3. The number of rotatable bonds is 9. The number of fused-ring (bicyclic) bond motifs is 1. The molecule has 2 aromatic heterocycles. The Morgan fingerprint density at radius 3 is 2.59 bits per heavy atom. The number of benzene rings is 1. The van der Waals surface area contributed by atoms with Gasteiger partial charge in [-0.05, 0) is 37.3 Å². The fourth-order valence-electron chi connectivity index (χ4n) is 5.17. The minimum Gasteiger partial charge on any atom is -0.354 e. The lowest BCUT2D eigenvalue weighted by molar-refractivity contribution is -0.137. The van der Waals surface area contributed by atoms with Gasteiger partial charge in [0.25, 0.3) is 5.71 Å². The van der Waals surface area contributed by atoms with Crippen LogP contribution in [0.25, 0.3) is 22.4 Å². The summed E-state index contributed by atoms with van der Waals surface area (Å²) in [5.74, 6) is 1.73. The number of halogens is 3. The average Bonchev–Trinajstić information content (AvgIpc) is 3.16. The molecule has 1 saturated heterocycles. The summed E-state index contributed by atoms with van der Waals surface area (Å²) in [4.78, 5) is 26.8. The zero-order valence-corrected chi connectivity index (χ0v) is 23.2. The van der Waals surface area contributed by atoms with Crippen molar-refractivity contribution in [3.8, 4) is 11.3 Å². The van der Waals surface area contributed by atoms with Crippen LogP contribution in [0.3, 0.4) is 0 Å². The van der Waals surface area contributed by atoms with Crippen molar-refractivity contribution in [1.29, 1.82) is 0 Å². The van der Waals surface area contributed by atoms with Crippen molar-refractivity contribution in [3.63, 3.8) is 0 Å². The molecule has 0 unspecified atom stereocenters. The van der Waals surface area contributed by atoms with Gasteiger partial charge >= 0.3 is 6.18 Å². The molecule has 1 amide bonds. The number of nitrogens with zero attached hydrogens (tertiary/aromatic N) is 5. The molecule has 7 nitrogen and oxygen atoms in total. The standard InChI is InChI=1S/C29H38F3N5O2/c1-5-7-10-20(6-2)28(38)37-14-9-13-36(15-16-37)26-24-25(21-11-8-12-22(18-21)29(30,31)32)35-39-27(24)34-23(33-26)17-19(3)4/h8,11-12,18-20H,5-7,9-10,13-17H2,1-4H3/t20-/m1/s1. The SMILES string of the molecule is CCCC[C@@H](CC)C(=O)N1CCCN(c2nc(CC(C)C)nc3onc(-c4cccc(C(F)(F)F)c4)c23)CC1. The van der Waals surface area contributed by atoms with E-state index in [2.05, 4.69) is 42.7 Å². The van der Waals surface area contributed by atoms with E-state index in [4.69, 9.17) is 9.51 Å². The number of carbonyl (C=O) groups is 1. The first-order valence-electron chi connectivity index (χ1n) is 14.0. The van der Waals surface area contributed by atoms with E-state index in [-0.39, 0.29) is 23.2 Å². The molecule has 1 fully saturated rings. The summed E-state index contributed by atoms with van der Waals surface area (Å²) in [5.41, 5.74) is 0.0711. The highest BCUT2D eigenvalue weighted by atomic mass is 19.4. The van der Waals surface area contributed by atoms with Crippen LogP contribution in [0.4, 0.5) is 19.0 Å². The third-order valence-corrected chi connectivity index (χ3v) is 7.27. The number of anilines is 1. The van der Waals surface area contributed by atoms with E-state index in [9.17, 15) is 18.0 Å². The predicted molar refractivity (Wildman–Crippen MR) is 145 cm³/mol. The van der Waals surface area contributed by atoms with Gasteiger partial charge in [-0.15, -0.1) is 0 Å². The Morgan fingerprint density at radius 1 is 1.10 bits per heavy atom. The summed E-state index contributed by atoms with van der Waals surface area (Å²) in [5, 5.41) is 4.65. The highest BCUT2D eigenvalue weighted by molar-refractivity contribution is 5.98. The van der Waals surface area contributed by atoms with Crippen LogP contribution in [-0.2, 0) is 17.4 Å². The van der Waals surface area contributed by atoms with Crippen LogP contribution in [0.2, 0.25) is 0 Å². The van der Waals surface area contributed by atoms with Crippen LogP contribution in [-0.4, -0.2) is 52.1 Å². The van der Waals surface area contributed by atoms with Crippen LogP contribution < -0.4 is 4.90 Å². The summed E-state index contributed by atoms with van der Waals surface area (Å²) < 4.78 is 46.0. The summed E-state index contributed by atoms with van der Waals surface area (Å²) in [6.07, 6.45) is 0.721. The Hall–Kier alpha value is -3.17. The fourth-order valence-corrected chi connectivity index (χ4v) is 5.17. The van der Waals surface area contributed by atoms with Crippen molar-refractivity contribution >= 4 is 22.8 Å². The van der Waals surface area contributed by atoms with Gasteiger partial charge in [0.2, 0.25) is 5.91 Å². The molecule has 0 saturated carbocycles. The van der Waals surface area contributed by atoms with Crippen LogP contribution in [0, 0.1) is 11.8 Å². The lowest BCUT2D eigenvalue weighted by atomic mass is 9.97. The molecule has 3 aromatic rings. The number of hydrogen-bond donors (Lipinski definition) is 0. The zero-order chi connectivity index (χ0) is 28.2. The maximum Gasteiger partial charge on any atom is 0.416 e. The largest absolute Gasteiger partial charge is 0.416 e. The molecule has 1 aromatic carbocycles. The number of carbonyl (C=O) groups excluding carboxylic acids is 1. The number of amides is 1. The van der Waals surface area contributed by atoms with E-state index < -0.39 is 11.7 Å². The lowest BCUT2D eigenvalue weighted by Gasteiger charge is -2.26. The third kappa shape index (κ3) is 6.70. The molecule has 0 bridgehead atoms. The topological polar surface area (TPSA) is 75.4 Å². The van der Waals surface area contributed by atoms with Gasteiger partial charge in [0.15, 0.2) is 0 Å². The van der Waals surface area contributed by atoms with E-state index in [0.717, 1.165) is 44.2 Å². The Balaban J connectivity index is 1.70. The van der Waals surface area contributed by atoms with Crippen molar-refractivity contribution in [2.45, 2.75) is 72.4 Å². The monoisotopic (exact) mass is 545 g/mol. The Morgan fingerprint density at radius 2 is 1.90 bits per heavy atom. The number of hydrogen-bond acceptors (Lipinski definition) is 6. The van der Waals surface area contributed by atoms with Crippen molar-refractivity contribution in [2.75, 3.05) is 31.1 Å². The highest BCUT2D eigenvalue weighted by Gasteiger charge is 2.32. The maximum absolute atomic E-state index is 13.5. The van der Waals surface area contributed by atoms with Crippen LogP contribution in [0.5, 0.6) is 0 Å². The molecule has 3 heterocycles. The van der Waals surface area contributed by atoms with Crippen molar-refractivity contribution < 1.29 is 22.5 Å². The molecule has 4 rings (SSSR count). The average molecular weight is 546 g/mol. The first-order chi connectivity index (χ1) is 18.6. The van der Waals surface area contributed by atoms with Crippen molar-refractivity contribution in [2.24, 2.45) is 11.8 Å². The predicted octanol–water partition coefficient (Wildman–Crippen LogP) is 6.76. The Labute approximate surface area is 227 Å². The fraction of sp³-hybridized carbons (Fsp3) is 0.586. The zero-order valence-electron chi connectivity index (χ0n) is 23.2. The van der Waals surface area contributed by atoms with Gasteiger partial charge < -0.3 is 14.3 Å². The molecular weight excluding hydrogens is 507 g/mol. The molecule has 39 heavy (non-hydrogen) atoms. The number of alkyl halides is 3. The van der Waals surface area contributed by atoms with Crippen molar-refractivity contribution in [1.82, 2.24) is 20.0 Å². The minimum atomic E-state index is -4.48. The molecule has 212 valence electrons. The van der Waals surface area contributed by atoms with E-state index in [1.165, 1.54) is 6.07 Å². The second kappa shape index (κ2) is 12.3. The second-order valence-corrected chi connectivity index (χ2v) is 10.8. The maximum atomic E-state index is 13.5. The van der Waals surface area contributed by atoms with E-state index in [1.807, 2.05) is 4.90 Å². The molecule has 1 aliphatic rings.